The van der Waals surface area contributed by atoms with Crippen LogP contribution in [0.15, 0.2) is 49.6 Å². The summed E-state index contributed by atoms with van der Waals surface area (Å²) in [5, 5.41) is 9.65. The van der Waals surface area contributed by atoms with Crippen LogP contribution < -0.4 is 9.80 Å². The molecule has 0 aliphatic carbocycles. The summed E-state index contributed by atoms with van der Waals surface area (Å²) >= 11 is 0. The van der Waals surface area contributed by atoms with E-state index in [9.17, 15) is 19.5 Å². The van der Waals surface area contributed by atoms with E-state index in [0.29, 0.717) is 37.9 Å². The number of hydrogen-bond acceptors (Lipinski definition) is 6. The second-order valence-corrected chi connectivity index (χ2v) is 11.4. The molecule has 0 aromatic heterocycles. The molecule has 4 rings (SSSR count). The van der Waals surface area contributed by atoms with Gasteiger partial charge in [0, 0.05) is 57.8 Å². The topological polar surface area (TPSA) is 93.6 Å². The molecule has 9 nitrogen and oxygen atoms in total. The number of nitrogens with zero attached hydrogens (tertiary/aromatic N) is 4. The predicted molar refractivity (Wildman–Crippen MR) is 161 cm³/mol. The standard InChI is InChI=1S/C32H46N4O5/c1-7-19-33(6)28(38)25-26-29(39)36(21-12-22-37)27(32(26)18-17-31(25,9-3)41-32)30(40)35(20-8-2)24-15-13-23(14-16-24)34(10-4)11-5/h7-8,13-16,25-27,37H,1-2,9-12,17-22H2,3-6H3/t25-,26+,27?,31+,32?/m1/s1. The van der Waals surface area contributed by atoms with Crippen LogP contribution in [0.1, 0.15) is 46.5 Å². The fraction of sp³-hybridized carbons (Fsp3) is 0.594. The summed E-state index contributed by atoms with van der Waals surface area (Å²) in [7, 11) is 1.71. The number of likely N-dealkylation sites (tertiary alicyclic amines) is 1. The lowest BCUT2D eigenvalue weighted by Crippen LogP contribution is -2.56. The Morgan fingerprint density at radius 3 is 2.24 bits per heavy atom. The third kappa shape index (κ3) is 4.97. The van der Waals surface area contributed by atoms with Crippen molar-refractivity contribution in [1.82, 2.24) is 9.80 Å². The molecule has 3 fully saturated rings. The number of aliphatic hydroxyl groups excluding tert-OH is 1. The highest BCUT2D eigenvalue weighted by molar-refractivity contribution is 6.05. The minimum Gasteiger partial charge on any atom is -0.396 e. The number of ether oxygens (including phenoxy) is 1. The van der Waals surface area contributed by atoms with Gasteiger partial charge in [-0.05, 0) is 63.8 Å². The van der Waals surface area contributed by atoms with E-state index in [4.69, 9.17) is 4.74 Å². The molecule has 5 atom stereocenters. The van der Waals surface area contributed by atoms with Gasteiger partial charge in [0.25, 0.3) is 5.91 Å². The molecule has 1 aromatic rings. The molecule has 41 heavy (non-hydrogen) atoms. The van der Waals surface area contributed by atoms with Crippen LogP contribution in [0.5, 0.6) is 0 Å². The van der Waals surface area contributed by atoms with Crippen molar-refractivity contribution in [3.8, 4) is 0 Å². The maximum Gasteiger partial charge on any atom is 0.253 e. The van der Waals surface area contributed by atoms with E-state index in [1.54, 1.807) is 33.9 Å². The van der Waals surface area contributed by atoms with Crippen LogP contribution in [0.3, 0.4) is 0 Å². The van der Waals surface area contributed by atoms with Crippen molar-refractivity contribution >= 4 is 29.1 Å². The van der Waals surface area contributed by atoms with Crippen molar-refractivity contribution < 1.29 is 24.2 Å². The minimum absolute atomic E-state index is 0.115. The molecule has 2 unspecified atom stereocenters. The summed E-state index contributed by atoms with van der Waals surface area (Å²) in [6.45, 7) is 16.3. The molecule has 3 aliphatic heterocycles. The van der Waals surface area contributed by atoms with Gasteiger partial charge >= 0.3 is 0 Å². The van der Waals surface area contributed by atoms with Crippen molar-refractivity contribution in [2.24, 2.45) is 11.8 Å². The molecule has 3 heterocycles. The van der Waals surface area contributed by atoms with Crippen molar-refractivity contribution in [3.63, 3.8) is 0 Å². The van der Waals surface area contributed by atoms with Crippen molar-refractivity contribution in [1.29, 1.82) is 0 Å². The zero-order valence-electron chi connectivity index (χ0n) is 25.1. The van der Waals surface area contributed by atoms with Crippen LogP contribution in [0.4, 0.5) is 11.4 Å². The Hall–Kier alpha value is -3.17. The minimum atomic E-state index is -1.12. The maximum absolute atomic E-state index is 14.6. The summed E-state index contributed by atoms with van der Waals surface area (Å²) in [5.74, 6) is -2.10. The number of rotatable bonds is 14. The number of hydrogen-bond donors (Lipinski definition) is 1. The Morgan fingerprint density at radius 2 is 1.68 bits per heavy atom. The van der Waals surface area contributed by atoms with E-state index in [1.165, 1.54) is 0 Å². The second kappa shape index (κ2) is 12.4. The maximum atomic E-state index is 14.6. The first-order valence-electron chi connectivity index (χ1n) is 14.9. The van der Waals surface area contributed by atoms with E-state index in [0.717, 1.165) is 18.8 Å². The summed E-state index contributed by atoms with van der Waals surface area (Å²) < 4.78 is 6.86. The van der Waals surface area contributed by atoms with Crippen molar-refractivity contribution in [2.45, 2.75) is 63.7 Å². The third-order valence-corrected chi connectivity index (χ3v) is 9.38. The quantitative estimate of drug-likeness (QED) is 0.348. The normalized spacial score (nSPS) is 28.0. The Bertz CT molecular complexity index is 1150. The number of anilines is 2. The van der Waals surface area contributed by atoms with E-state index in [-0.39, 0.29) is 37.4 Å². The smallest absolute Gasteiger partial charge is 0.253 e. The number of aliphatic hydroxyl groups is 1. The third-order valence-electron chi connectivity index (χ3n) is 9.38. The zero-order chi connectivity index (χ0) is 29.9. The van der Waals surface area contributed by atoms with Gasteiger partial charge in [0.05, 0.1) is 17.4 Å². The lowest BCUT2D eigenvalue weighted by molar-refractivity contribution is -0.150. The number of carbonyl (C=O) groups is 3. The number of fused-ring (bicyclic) bond motifs is 1. The summed E-state index contributed by atoms with van der Waals surface area (Å²) in [5.41, 5.74) is -0.147. The van der Waals surface area contributed by atoms with Crippen LogP contribution in [0.2, 0.25) is 0 Å². The van der Waals surface area contributed by atoms with Crippen molar-refractivity contribution in [2.75, 3.05) is 56.2 Å². The summed E-state index contributed by atoms with van der Waals surface area (Å²) in [6.07, 6.45) is 5.35. The number of likely N-dealkylation sites (N-methyl/N-ethyl adjacent to an activating group) is 1. The van der Waals surface area contributed by atoms with Gasteiger partial charge in [0.1, 0.15) is 11.6 Å². The van der Waals surface area contributed by atoms with Crippen LogP contribution in [-0.2, 0) is 19.1 Å². The molecule has 9 heteroatoms. The number of carbonyl (C=O) groups excluding carboxylic acids is 3. The predicted octanol–water partition coefficient (Wildman–Crippen LogP) is 3.23. The summed E-state index contributed by atoms with van der Waals surface area (Å²) in [6, 6.07) is 6.95. The van der Waals surface area contributed by atoms with Crippen LogP contribution >= 0.6 is 0 Å². The Kier molecular flexibility index (Phi) is 9.29. The fourth-order valence-corrected chi connectivity index (χ4v) is 7.41. The van der Waals surface area contributed by atoms with E-state index in [1.807, 2.05) is 31.2 Å². The molecule has 224 valence electrons. The van der Waals surface area contributed by atoms with Gasteiger partial charge in [-0.3, -0.25) is 14.4 Å². The number of benzene rings is 1. The van der Waals surface area contributed by atoms with Crippen molar-refractivity contribution in [3.05, 3.63) is 49.6 Å². The van der Waals surface area contributed by atoms with Gasteiger partial charge in [0.2, 0.25) is 11.8 Å². The van der Waals surface area contributed by atoms with Gasteiger partial charge in [-0.25, -0.2) is 0 Å². The first-order valence-corrected chi connectivity index (χ1v) is 14.9. The monoisotopic (exact) mass is 566 g/mol. The van der Waals surface area contributed by atoms with E-state index in [2.05, 4.69) is 31.9 Å². The van der Waals surface area contributed by atoms with E-state index < -0.39 is 29.1 Å². The van der Waals surface area contributed by atoms with Gasteiger partial charge in [-0.1, -0.05) is 19.1 Å². The molecular weight excluding hydrogens is 520 g/mol. The first kappa shape index (κ1) is 30.8. The molecule has 1 aromatic carbocycles. The lowest BCUT2D eigenvalue weighted by Gasteiger charge is -2.37. The summed E-state index contributed by atoms with van der Waals surface area (Å²) in [4.78, 5) is 49.8. The average Bonchev–Trinajstić information content (AvgIpc) is 3.58. The molecule has 2 bridgehead atoms. The molecule has 1 N–H and O–H groups in total. The van der Waals surface area contributed by atoms with Crippen LogP contribution in [0, 0.1) is 11.8 Å². The second-order valence-electron chi connectivity index (χ2n) is 11.4. The molecule has 3 aliphatic rings. The lowest BCUT2D eigenvalue weighted by atomic mass is 9.64. The molecule has 3 saturated heterocycles. The Morgan fingerprint density at radius 1 is 1.05 bits per heavy atom. The van der Waals surface area contributed by atoms with Gasteiger partial charge in [-0.2, -0.15) is 0 Å². The van der Waals surface area contributed by atoms with Gasteiger partial charge < -0.3 is 29.4 Å². The van der Waals surface area contributed by atoms with Crippen LogP contribution in [0.25, 0.3) is 0 Å². The molecule has 1 spiro atoms. The molecular formula is C32H46N4O5. The largest absolute Gasteiger partial charge is 0.396 e. The number of amides is 3. The average molecular weight is 567 g/mol. The molecule has 3 amide bonds. The van der Waals surface area contributed by atoms with Crippen LogP contribution in [-0.4, -0.2) is 96.3 Å². The highest BCUT2D eigenvalue weighted by atomic mass is 16.5. The van der Waals surface area contributed by atoms with E-state index >= 15 is 0 Å². The zero-order valence-corrected chi connectivity index (χ0v) is 25.1. The highest BCUT2D eigenvalue weighted by Gasteiger charge is 2.78. The fourth-order valence-electron chi connectivity index (χ4n) is 7.41. The SMILES string of the molecule is C=CCN(C)C(=O)[C@H]1[C@H]2C(=O)N(CCCO)C(C(=O)N(CC=C)c3ccc(N(CC)CC)cc3)C23CC[C@]1(CC)O3. The Balaban J connectivity index is 1.77. The molecule has 0 radical (unpaired) electrons. The molecule has 0 saturated carbocycles. The van der Waals surface area contributed by atoms with Gasteiger partial charge in [-0.15, -0.1) is 13.2 Å². The highest BCUT2D eigenvalue weighted by Crippen LogP contribution is 2.64. The van der Waals surface area contributed by atoms with Gasteiger partial charge in [0.15, 0.2) is 0 Å². The Labute approximate surface area is 244 Å². The first-order chi connectivity index (χ1) is 19.7.